The van der Waals surface area contributed by atoms with Crippen LogP contribution in [0, 0.1) is 0 Å². The molecule has 0 saturated heterocycles. The third-order valence-electron chi connectivity index (χ3n) is 3.19. The summed E-state index contributed by atoms with van der Waals surface area (Å²) in [7, 11) is 0. The predicted octanol–water partition coefficient (Wildman–Crippen LogP) is 1.72. The Balaban J connectivity index is 1.98. The van der Waals surface area contributed by atoms with Crippen molar-refractivity contribution in [1.29, 1.82) is 0 Å². The maximum absolute atomic E-state index is 13.0. The zero-order valence-corrected chi connectivity index (χ0v) is 13.7. The first-order chi connectivity index (χ1) is 11.7. The average molecular weight is 365 g/mol. The number of imidazole rings is 1. The number of carbonyl (C=O) groups is 2. The van der Waals surface area contributed by atoms with Gasteiger partial charge in [-0.15, -0.1) is 0 Å². The van der Waals surface area contributed by atoms with Crippen LogP contribution in [0.3, 0.4) is 0 Å². The van der Waals surface area contributed by atoms with E-state index in [1.165, 1.54) is 0 Å². The number of fused-ring (bicyclic) bond motifs is 1. The van der Waals surface area contributed by atoms with Crippen LogP contribution < -0.4 is 5.32 Å². The van der Waals surface area contributed by atoms with E-state index in [0.29, 0.717) is 6.54 Å². The van der Waals surface area contributed by atoms with Crippen molar-refractivity contribution in [1.82, 2.24) is 14.9 Å². The lowest BCUT2D eigenvalue weighted by Crippen LogP contribution is -2.31. The summed E-state index contributed by atoms with van der Waals surface area (Å²) >= 11 is 0. The molecule has 1 aliphatic heterocycles. The topological polar surface area (TPSA) is 91.7 Å². The molecule has 1 N–H and O–H groups in total. The van der Waals surface area contributed by atoms with Gasteiger partial charge < -0.3 is 24.1 Å². The Hall–Kier alpha value is -2.30. The van der Waals surface area contributed by atoms with Gasteiger partial charge in [-0.05, 0) is 13.8 Å². The molecule has 1 aromatic heterocycles. The fourth-order valence-electron chi connectivity index (χ4n) is 2.24. The average Bonchev–Trinajstić information content (AvgIpc) is 2.90. The summed E-state index contributed by atoms with van der Waals surface area (Å²) in [5.74, 6) is -2.14. The van der Waals surface area contributed by atoms with Gasteiger partial charge in [0.2, 0.25) is 5.82 Å². The first-order valence-electron chi connectivity index (χ1n) is 7.58. The number of esters is 1. The van der Waals surface area contributed by atoms with Crippen LogP contribution in [0.4, 0.5) is 18.0 Å². The second kappa shape index (κ2) is 7.72. The second-order valence-corrected chi connectivity index (χ2v) is 5.46. The van der Waals surface area contributed by atoms with Gasteiger partial charge in [0.15, 0.2) is 5.69 Å². The molecule has 0 radical (unpaired) electrons. The van der Waals surface area contributed by atoms with Gasteiger partial charge in [-0.2, -0.15) is 13.2 Å². The summed E-state index contributed by atoms with van der Waals surface area (Å²) in [5, 5.41) is 2.88. The van der Waals surface area contributed by atoms with Crippen molar-refractivity contribution < 1.29 is 37.0 Å². The number of alkyl halides is 3. The standard InChI is InChI=1S/C14H18F3N3O5/c1-8(2)25-13(22)24-6-5-23-11(21)10-9-7-18-3-4-20(9)12(19-10)14(15,16)17/h8,18H,3-7H2,1-2H3. The van der Waals surface area contributed by atoms with Gasteiger partial charge >= 0.3 is 18.3 Å². The van der Waals surface area contributed by atoms with E-state index in [4.69, 9.17) is 9.47 Å². The van der Waals surface area contributed by atoms with E-state index in [1.54, 1.807) is 13.8 Å². The first kappa shape index (κ1) is 19.0. The van der Waals surface area contributed by atoms with Crippen molar-refractivity contribution in [3.8, 4) is 0 Å². The first-order valence-corrected chi connectivity index (χ1v) is 7.58. The second-order valence-electron chi connectivity index (χ2n) is 5.46. The summed E-state index contributed by atoms with van der Waals surface area (Å²) < 4.78 is 54.2. The van der Waals surface area contributed by atoms with Crippen molar-refractivity contribution in [2.45, 2.75) is 39.2 Å². The zero-order valence-electron chi connectivity index (χ0n) is 13.7. The van der Waals surface area contributed by atoms with Gasteiger partial charge in [0.1, 0.15) is 13.2 Å². The minimum atomic E-state index is -4.67. The van der Waals surface area contributed by atoms with Gasteiger partial charge in [0.05, 0.1) is 11.8 Å². The maximum Gasteiger partial charge on any atom is 0.508 e. The molecule has 0 amide bonds. The molecule has 0 fully saturated rings. The number of nitrogens with one attached hydrogen (secondary N) is 1. The Morgan fingerprint density at radius 3 is 2.60 bits per heavy atom. The lowest BCUT2D eigenvalue weighted by atomic mass is 10.2. The summed E-state index contributed by atoms with van der Waals surface area (Å²) in [4.78, 5) is 26.6. The number of aromatic nitrogens is 2. The molecule has 0 aromatic carbocycles. The van der Waals surface area contributed by atoms with E-state index < -0.39 is 29.8 Å². The van der Waals surface area contributed by atoms with Gasteiger partial charge in [-0.3, -0.25) is 0 Å². The lowest BCUT2D eigenvalue weighted by Gasteiger charge is -2.19. The Kier molecular flexibility index (Phi) is 5.88. The maximum atomic E-state index is 13.0. The van der Waals surface area contributed by atoms with Crippen LogP contribution in [-0.4, -0.2) is 47.5 Å². The van der Waals surface area contributed by atoms with E-state index in [1.807, 2.05) is 0 Å². The van der Waals surface area contributed by atoms with Crippen LogP contribution in [0.1, 0.15) is 35.9 Å². The number of nitrogens with zero attached hydrogens (tertiary/aromatic N) is 2. The molecule has 0 saturated carbocycles. The minimum Gasteiger partial charge on any atom is -0.457 e. The van der Waals surface area contributed by atoms with Crippen molar-refractivity contribution in [2.24, 2.45) is 0 Å². The summed E-state index contributed by atoms with van der Waals surface area (Å²) in [6, 6.07) is 0. The highest BCUT2D eigenvalue weighted by atomic mass is 19.4. The number of ether oxygens (including phenoxy) is 3. The van der Waals surface area contributed by atoms with Gasteiger partial charge in [-0.1, -0.05) is 0 Å². The highest BCUT2D eigenvalue weighted by Crippen LogP contribution is 2.31. The molecule has 0 aliphatic carbocycles. The molecule has 25 heavy (non-hydrogen) atoms. The van der Waals surface area contributed by atoms with E-state index in [9.17, 15) is 22.8 Å². The molecule has 2 heterocycles. The molecule has 1 aromatic rings. The number of carbonyl (C=O) groups excluding carboxylic acids is 2. The zero-order chi connectivity index (χ0) is 18.6. The fourth-order valence-corrected chi connectivity index (χ4v) is 2.24. The van der Waals surface area contributed by atoms with Crippen LogP contribution >= 0.6 is 0 Å². The number of hydrogen-bond donors (Lipinski definition) is 1. The Morgan fingerprint density at radius 1 is 1.28 bits per heavy atom. The van der Waals surface area contributed by atoms with Gasteiger partial charge in [0.25, 0.3) is 0 Å². The van der Waals surface area contributed by atoms with E-state index in [0.717, 1.165) is 4.57 Å². The van der Waals surface area contributed by atoms with Crippen LogP contribution in [-0.2, 0) is 33.5 Å². The van der Waals surface area contributed by atoms with E-state index in [-0.39, 0.29) is 38.1 Å². The summed E-state index contributed by atoms with van der Waals surface area (Å²) in [6.45, 7) is 3.13. The third kappa shape index (κ3) is 4.84. The molecule has 140 valence electrons. The van der Waals surface area contributed by atoms with Crippen molar-refractivity contribution in [2.75, 3.05) is 19.8 Å². The molecule has 0 spiro atoms. The highest BCUT2D eigenvalue weighted by molar-refractivity contribution is 5.88. The summed E-state index contributed by atoms with van der Waals surface area (Å²) in [6.07, 6.45) is -5.96. The van der Waals surface area contributed by atoms with Crippen LogP contribution in [0.2, 0.25) is 0 Å². The monoisotopic (exact) mass is 365 g/mol. The lowest BCUT2D eigenvalue weighted by molar-refractivity contribution is -0.147. The Morgan fingerprint density at radius 2 is 1.96 bits per heavy atom. The number of halogens is 3. The SMILES string of the molecule is CC(C)OC(=O)OCCOC(=O)c1nc(C(F)(F)F)n2c1CNCC2. The van der Waals surface area contributed by atoms with Crippen LogP contribution in [0.5, 0.6) is 0 Å². The largest absolute Gasteiger partial charge is 0.508 e. The van der Waals surface area contributed by atoms with Gasteiger partial charge in [-0.25, -0.2) is 14.6 Å². The Bertz CT molecular complexity index is 642. The van der Waals surface area contributed by atoms with Crippen LogP contribution in [0.15, 0.2) is 0 Å². The number of rotatable bonds is 5. The van der Waals surface area contributed by atoms with Gasteiger partial charge in [0, 0.05) is 19.6 Å². The minimum absolute atomic E-state index is 0.0502. The molecule has 0 bridgehead atoms. The van der Waals surface area contributed by atoms with Crippen molar-refractivity contribution in [3.63, 3.8) is 0 Å². The highest BCUT2D eigenvalue weighted by Gasteiger charge is 2.40. The molecule has 2 rings (SSSR count). The Labute approximate surface area is 141 Å². The molecular formula is C14H18F3N3O5. The normalized spacial score (nSPS) is 14.2. The van der Waals surface area contributed by atoms with Crippen LogP contribution in [0.25, 0.3) is 0 Å². The van der Waals surface area contributed by atoms with E-state index in [2.05, 4.69) is 15.0 Å². The molecule has 1 aliphatic rings. The molecule has 0 unspecified atom stereocenters. The summed E-state index contributed by atoms with van der Waals surface area (Å²) in [5.41, 5.74) is -0.284. The smallest absolute Gasteiger partial charge is 0.457 e. The quantitative estimate of drug-likeness (QED) is 0.627. The fraction of sp³-hybridized carbons (Fsp3) is 0.643. The molecule has 11 heteroatoms. The molecule has 8 nitrogen and oxygen atoms in total. The predicted molar refractivity (Wildman–Crippen MR) is 76.8 cm³/mol. The molecule has 0 atom stereocenters. The van der Waals surface area contributed by atoms with Crippen molar-refractivity contribution >= 4 is 12.1 Å². The van der Waals surface area contributed by atoms with E-state index >= 15 is 0 Å². The number of hydrogen-bond acceptors (Lipinski definition) is 7. The van der Waals surface area contributed by atoms with Crippen molar-refractivity contribution in [3.05, 3.63) is 17.2 Å². The third-order valence-corrected chi connectivity index (χ3v) is 3.19. The molecular weight excluding hydrogens is 347 g/mol.